The van der Waals surface area contributed by atoms with Gasteiger partial charge in [-0.1, -0.05) is 0 Å². The summed E-state index contributed by atoms with van der Waals surface area (Å²) in [4.78, 5) is 13.8. The van der Waals surface area contributed by atoms with Crippen molar-refractivity contribution in [2.45, 2.75) is 26.8 Å². The second-order valence-corrected chi connectivity index (χ2v) is 5.54. The van der Waals surface area contributed by atoms with Crippen molar-refractivity contribution in [1.82, 2.24) is 19.3 Å². The number of imidazole rings is 1. The number of nitrogens with one attached hydrogen (secondary N) is 1. The molecule has 0 spiro atoms. The minimum absolute atomic E-state index is 0.370. The molecular weight excluding hydrogens is 264 g/mol. The Morgan fingerprint density at radius 3 is 2.71 bits per heavy atom. The molecule has 21 heavy (non-hydrogen) atoms. The second-order valence-electron chi connectivity index (χ2n) is 5.54. The maximum absolute atomic E-state index is 4.78. The summed E-state index contributed by atoms with van der Waals surface area (Å²) in [5.74, 6) is 1.82. The minimum Gasteiger partial charge on any atom is -0.369 e. The minimum atomic E-state index is 0.370. The lowest BCUT2D eigenvalue weighted by molar-refractivity contribution is 0.372. The molecule has 1 atom stereocenters. The Hall–Kier alpha value is -1.82. The van der Waals surface area contributed by atoms with Gasteiger partial charge in [-0.05, 0) is 34.9 Å². The Kier molecular flexibility index (Phi) is 5.01. The summed E-state index contributed by atoms with van der Waals surface area (Å²) < 4.78 is 2.03. The third-order valence-corrected chi connectivity index (χ3v) is 3.49. The van der Waals surface area contributed by atoms with Crippen molar-refractivity contribution in [2.24, 2.45) is 0 Å². The highest BCUT2D eigenvalue weighted by atomic mass is 15.3. The predicted molar refractivity (Wildman–Crippen MR) is 88.2 cm³/mol. The van der Waals surface area contributed by atoms with Gasteiger partial charge in [0.25, 0.3) is 0 Å². The van der Waals surface area contributed by atoms with Gasteiger partial charge in [0, 0.05) is 38.1 Å². The number of rotatable bonds is 7. The molecule has 0 saturated heterocycles. The molecule has 0 fully saturated rings. The van der Waals surface area contributed by atoms with Crippen LogP contribution in [0.25, 0.3) is 5.65 Å². The van der Waals surface area contributed by atoms with Gasteiger partial charge in [0.15, 0.2) is 11.5 Å². The number of likely N-dealkylation sites (N-methyl/N-ethyl adjacent to an activating group) is 2. The number of fused-ring (bicyclic) bond motifs is 1. The molecule has 0 aliphatic rings. The standard InChI is InChI=1S/C15H26N6/c1-6-16-13-11-20-9-8-17-14(20)15(18-13)21(7-2)12(3)10-19(4)5/h8-9,11-12,16H,6-7,10H2,1-5H3. The number of anilines is 2. The predicted octanol–water partition coefficient (Wildman–Crippen LogP) is 1.94. The smallest absolute Gasteiger partial charge is 0.180 e. The highest BCUT2D eigenvalue weighted by molar-refractivity contribution is 5.67. The van der Waals surface area contributed by atoms with Gasteiger partial charge in [-0.25, -0.2) is 9.97 Å². The van der Waals surface area contributed by atoms with Crippen molar-refractivity contribution in [3.63, 3.8) is 0 Å². The van der Waals surface area contributed by atoms with Crippen LogP contribution in [0.15, 0.2) is 18.6 Å². The molecule has 6 nitrogen and oxygen atoms in total. The normalized spacial score (nSPS) is 12.9. The SMILES string of the molecule is CCNc1cn2ccnc2c(N(CC)C(C)CN(C)C)n1. The molecule has 0 saturated carbocycles. The van der Waals surface area contributed by atoms with Crippen LogP contribution in [0.3, 0.4) is 0 Å². The average Bonchev–Trinajstić information content (AvgIpc) is 2.87. The number of nitrogens with zero attached hydrogens (tertiary/aromatic N) is 5. The van der Waals surface area contributed by atoms with E-state index in [-0.39, 0.29) is 0 Å². The summed E-state index contributed by atoms with van der Waals surface area (Å²) in [6, 6.07) is 0.370. The summed E-state index contributed by atoms with van der Waals surface area (Å²) >= 11 is 0. The van der Waals surface area contributed by atoms with Gasteiger partial charge < -0.3 is 19.5 Å². The van der Waals surface area contributed by atoms with Crippen LogP contribution in [0.1, 0.15) is 20.8 Å². The zero-order valence-electron chi connectivity index (χ0n) is 13.7. The molecule has 0 amide bonds. The van der Waals surface area contributed by atoms with E-state index in [2.05, 4.69) is 55.0 Å². The first-order chi connectivity index (χ1) is 10.1. The van der Waals surface area contributed by atoms with Gasteiger partial charge in [0.2, 0.25) is 0 Å². The molecule has 0 aliphatic heterocycles. The lowest BCUT2D eigenvalue weighted by Crippen LogP contribution is -2.40. The number of hydrogen-bond acceptors (Lipinski definition) is 5. The van der Waals surface area contributed by atoms with E-state index in [1.165, 1.54) is 0 Å². The monoisotopic (exact) mass is 290 g/mol. The summed E-state index contributed by atoms with van der Waals surface area (Å²) in [7, 11) is 4.19. The van der Waals surface area contributed by atoms with Gasteiger partial charge in [-0.2, -0.15) is 0 Å². The fourth-order valence-electron chi connectivity index (χ4n) is 2.67. The third kappa shape index (κ3) is 3.44. The van der Waals surface area contributed by atoms with E-state index < -0.39 is 0 Å². The molecule has 116 valence electrons. The fraction of sp³-hybridized carbons (Fsp3) is 0.600. The summed E-state index contributed by atoms with van der Waals surface area (Å²) in [6.07, 6.45) is 5.77. The van der Waals surface area contributed by atoms with Crippen molar-refractivity contribution >= 4 is 17.3 Å². The molecule has 0 radical (unpaired) electrons. The molecule has 2 heterocycles. The van der Waals surface area contributed by atoms with Crippen LogP contribution in [-0.2, 0) is 0 Å². The van der Waals surface area contributed by atoms with Gasteiger partial charge in [-0.3, -0.25) is 0 Å². The highest BCUT2D eigenvalue weighted by Crippen LogP contribution is 2.22. The molecule has 6 heteroatoms. The van der Waals surface area contributed by atoms with Crippen LogP contribution in [0, 0.1) is 0 Å². The van der Waals surface area contributed by atoms with Crippen LogP contribution in [0.5, 0.6) is 0 Å². The first-order valence-electron chi connectivity index (χ1n) is 7.55. The van der Waals surface area contributed by atoms with E-state index in [9.17, 15) is 0 Å². The summed E-state index contributed by atoms with van der Waals surface area (Å²) in [5.41, 5.74) is 0.907. The Balaban J connectivity index is 2.43. The van der Waals surface area contributed by atoms with Crippen molar-refractivity contribution in [1.29, 1.82) is 0 Å². The molecule has 1 unspecified atom stereocenters. The summed E-state index contributed by atoms with van der Waals surface area (Å²) in [6.45, 7) is 9.20. The molecule has 2 aromatic rings. The zero-order chi connectivity index (χ0) is 15.4. The van der Waals surface area contributed by atoms with E-state index in [0.717, 1.165) is 36.9 Å². The molecule has 0 aromatic carbocycles. The first-order valence-corrected chi connectivity index (χ1v) is 7.55. The number of hydrogen-bond donors (Lipinski definition) is 1. The lowest BCUT2D eigenvalue weighted by Gasteiger charge is -2.31. The van der Waals surface area contributed by atoms with E-state index in [4.69, 9.17) is 4.98 Å². The molecule has 0 aliphatic carbocycles. The molecule has 1 N–H and O–H groups in total. The highest BCUT2D eigenvalue weighted by Gasteiger charge is 2.19. The van der Waals surface area contributed by atoms with E-state index in [1.54, 1.807) is 0 Å². The topological polar surface area (TPSA) is 48.7 Å². The fourth-order valence-corrected chi connectivity index (χ4v) is 2.67. The Labute approximate surface area is 126 Å². The molecule has 2 aromatic heterocycles. The van der Waals surface area contributed by atoms with Gasteiger partial charge in [0.05, 0.1) is 6.20 Å². The third-order valence-electron chi connectivity index (χ3n) is 3.49. The second kappa shape index (κ2) is 6.76. The van der Waals surface area contributed by atoms with Gasteiger partial charge in [0.1, 0.15) is 5.82 Å². The van der Waals surface area contributed by atoms with Crippen molar-refractivity contribution in [3.8, 4) is 0 Å². The average molecular weight is 290 g/mol. The van der Waals surface area contributed by atoms with E-state index >= 15 is 0 Å². The molecule has 2 rings (SSSR count). The first kappa shape index (κ1) is 15.6. The van der Waals surface area contributed by atoms with Gasteiger partial charge >= 0.3 is 0 Å². The number of aromatic nitrogens is 3. The van der Waals surface area contributed by atoms with Crippen molar-refractivity contribution in [3.05, 3.63) is 18.6 Å². The molecule has 0 bridgehead atoms. The quantitative estimate of drug-likeness (QED) is 0.844. The Morgan fingerprint density at radius 2 is 2.10 bits per heavy atom. The maximum atomic E-state index is 4.78. The largest absolute Gasteiger partial charge is 0.369 e. The van der Waals surface area contributed by atoms with E-state index in [0.29, 0.717) is 6.04 Å². The lowest BCUT2D eigenvalue weighted by atomic mass is 10.2. The van der Waals surface area contributed by atoms with Crippen LogP contribution < -0.4 is 10.2 Å². The van der Waals surface area contributed by atoms with Crippen LogP contribution in [-0.4, -0.2) is 59.0 Å². The van der Waals surface area contributed by atoms with Crippen molar-refractivity contribution < 1.29 is 0 Å². The van der Waals surface area contributed by atoms with Crippen LogP contribution in [0.4, 0.5) is 11.6 Å². The maximum Gasteiger partial charge on any atom is 0.180 e. The zero-order valence-corrected chi connectivity index (χ0v) is 13.7. The summed E-state index contributed by atoms with van der Waals surface area (Å²) in [5, 5.41) is 3.29. The van der Waals surface area contributed by atoms with Gasteiger partial charge in [-0.15, -0.1) is 0 Å². The molecular formula is C15H26N6. The Bertz CT molecular complexity index is 577. The van der Waals surface area contributed by atoms with Crippen LogP contribution in [0.2, 0.25) is 0 Å². The Morgan fingerprint density at radius 1 is 1.33 bits per heavy atom. The van der Waals surface area contributed by atoms with Crippen LogP contribution >= 0.6 is 0 Å². The van der Waals surface area contributed by atoms with Crippen molar-refractivity contribution in [2.75, 3.05) is 43.9 Å². The van der Waals surface area contributed by atoms with E-state index in [1.807, 2.05) is 23.0 Å².